The normalized spacial score (nSPS) is 11.6. The first-order valence-corrected chi connectivity index (χ1v) is 10.2. The fourth-order valence-electron chi connectivity index (χ4n) is 3.19. The Hall–Kier alpha value is -3.73. The summed E-state index contributed by atoms with van der Waals surface area (Å²) in [4.78, 5) is 43.7. The summed E-state index contributed by atoms with van der Waals surface area (Å²) >= 11 is 1.13. The largest absolute Gasteiger partial charge is 0.416 e. The molecule has 164 valence electrons. The molecule has 0 fully saturated rings. The van der Waals surface area contributed by atoms with Gasteiger partial charge < -0.3 is 10.3 Å². The van der Waals surface area contributed by atoms with Crippen molar-refractivity contribution in [2.45, 2.75) is 12.6 Å². The smallest absolute Gasteiger partial charge is 0.307 e. The first-order chi connectivity index (χ1) is 15.1. The number of rotatable bonds is 4. The molecule has 0 unspecified atom stereocenters. The van der Waals surface area contributed by atoms with Crippen molar-refractivity contribution in [2.75, 3.05) is 5.32 Å². The van der Waals surface area contributed by atoms with Crippen molar-refractivity contribution in [1.29, 1.82) is 0 Å². The van der Waals surface area contributed by atoms with Crippen LogP contribution in [0.4, 0.5) is 18.3 Å². The third kappa shape index (κ3) is 4.19. The van der Waals surface area contributed by atoms with Gasteiger partial charge in [-0.1, -0.05) is 24.3 Å². The highest BCUT2D eigenvalue weighted by Gasteiger charge is 2.30. The predicted molar refractivity (Wildman–Crippen MR) is 115 cm³/mol. The molecule has 0 atom stereocenters. The summed E-state index contributed by atoms with van der Waals surface area (Å²) in [5, 5.41) is 4.77. The van der Waals surface area contributed by atoms with Gasteiger partial charge in [-0.3, -0.25) is 14.2 Å². The number of aromatic nitrogens is 3. The Morgan fingerprint density at radius 2 is 1.88 bits per heavy atom. The maximum absolute atomic E-state index is 12.7. The van der Waals surface area contributed by atoms with E-state index in [0.717, 1.165) is 28.0 Å². The van der Waals surface area contributed by atoms with Crippen LogP contribution < -0.4 is 16.6 Å². The summed E-state index contributed by atoms with van der Waals surface area (Å²) in [7, 11) is 1.34. The fourth-order valence-corrected chi connectivity index (χ4v) is 3.93. The van der Waals surface area contributed by atoms with E-state index in [0.29, 0.717) is 22.3 Å². The van der Waals surface area contributed by atoms with E-state index < -0.39 is 28.9 Å². The third-order valence-electron chi connectivity index (χ3n) is 4.83. The molecule has 2 aromatic heterocycles. The molecule has 1 amide bonds. The third-order valence-corrected chi connectivity index (χ3v) is 5.58. The number of amides is 1. The van der Waals surface area contributed by atoms with Crippen LogP contribution in [0.25, 0.3) is 22.2 Å². The second-order valence-corrected chi connectivity index (χ2v) is 7.83. The first-order valence-electron chi connectivity index (χ1n) is 9.27. The van der Waals surface area contributed by atoms with Gasteiger partial charge in [0, 0.05) is 18.0 Å². The van der Waals surface area contributed by atoms with E-state index in [9.17, 15) is 27.6 Å². The van der Waals surface area contributed by atoms with Crippen LogP contribution in [0.15, 0.2) is 57.4 Å². The van der Waals surface area contributed by atoms with Crippen LogP contribution in [0.1, 0.15) is 11.1 Å². The molecule has 0 saturated carbocycles. The fraction of sp³-hybridized carbons (Fsp3) is 0.143. The Kier molecular flexibility index (Phi) is 5.43. The first kappa shape index (κ1) is 21.5. The Bertz CT molecular complexity index is 1440. The summed E-state index contributed by atoms with van der Waals surface area (Å²) < 4.78 is 39.1. The van der Waals surface area contributed by atoms with Crippen LogP contribution >= 0.6 is 11.3 Å². The number of carbonyl (C=O) groups excluding carboxylic acids is 1. The summed E-state index contributed by atoms with van der Waals surface area (Å²) in [5.41, 5.74) is -0.133. The Balaban J connectivity index is 1.53. The van der Waals surface area contributed by atoms with Gasteiger partial charge in [-0.05, 0) is 23.8 Å². The van der Waals surface area contributed by atoms with E-state index in [4.69, 9.17) is 0 Å². The molecule has 0 aliphatic heterocycles. The number of nitrogens with zero attached hydrogens (tertiary/aromatic N) is 2. The number of nitrogens with one attached hydrogen (secondary N) is 2. The lowest BCUT2D eigenvalue weighted by Crippen LogP contribution is -2.33. The summed E-state index contributed by atoms with van der Waals surface area (Å²) in [6.07, 6.45) is -4.55. The van der Waals surface area contributed by atoms with Gasteiger partial charge >= 0.3 is 11.9 Å². The highest BCUT2D eigenvalue weighted by molar-refractivity contribution is 7.14. The average Bonchev–Trinajstić information content (AvgIpc) is 3.20. The van der Waals surface area contributed by atoms with Gasteiger partial charge in [-0.15, -0.1) is 11.3 Å². The molecule has 0 aliphatic rings. The molecule has 7 nitrogen and oxygen atoms in total. The zero-order chi connectivity index (χ0) is 23.0. The highest BCUT2D eigenvalue weighted by atomic mass is 32.1. The highest BCUT2D eigenvalue weighted by Crippen LogP contribution is 2.31. The van der Waals surface area contributed by atoms with E-state index in [2.05, 4.69) is 15.3 Å². The number of hydrogen-bond donors (Lipinski definition) is 2. The monoisotopic (exact) mass is 460 g/mol. The average molecular weight is 460 g/mol. The molecule has 11 heteroatoms. The maximum atomic E-state index is 12.7. The van der Waals surface area contributed by atoms with Crippen molar-refractivity contribution in [3.63, 3.8) is 0 Å². The standard InChI is InChI=1S/C21H15F3N4O3S/c1-28-18(30)17-12(3-2-4-14(17)26-20(28)31)9-16(29)27-19-25-15(10-32-19)11-5-7-13(8-6-11)21(22,23)24/h2-8,10H,9H2,1H3,(H,26,31)(H,25,27,29). The number of alkyl halides is 3. The van der Waals surface area contributed by atoms with Crippen LogP contribution in [0.2, 0.25) is 0 Å². The molecular weight excluding hydrogens is 445 g/mol. The van der Waals surface area contributed by atoms with Gasteiger partial charge in [-0.2, -0.15) is 13.2 Å². The Labute approximate surface area is 182 Å². The second-order valence-electron chi connectivity index (χ2n) is 6.97. The van der Waals surface area contributed by atoms with E-state index in [1.807, 2.05) is 0 Å². The zero-order valence-electron chi connectivity index (χ0n) is 16.5. The minimum Gasteiger partial charge on any atom is -0.307 e. The van der Waals surface area contributed by atoms with Gasteiger partial charge in [0.1, 0.15) is 0 Å². The van der Waals surface area contributed by atoms with Crippen molar-refractivity contribution in [2.24, 2.45) is 7.05 Å². The number of carbonyl (C=O) groups is 1. The molecule has 4 aromatic rings. The summed E-state index contributed by atoms with van der Waals surface area (Å²) in [6, 6.07) is 9.41. The van der Waals surface area contributed by atoms with Crippen molar-refractivity contribution >= 4 is 33.3 Å². The predicted octanol–water partition coefficient (Wildman–Crippen LogP) is 3.55. The summed E-state index contributed by atoms with van der Waals surface area (Å²) in [6.45, 7) is 0. The lowest BCUT2D eigenvalue weighted by molar-refractivity contribution is -0.137. The number of benzene rings is 2. The molecular formula is C21H15F3N4O3S. The lowest BCUT2D eigenvalue weighted by Gasteiger charge is -2.07. The van der Waals surface area contributed by atoms with Gasteiger partial charge in [0.25, 0.3) is 5.56 Å². The Morgan fingerprint density at radius 3 is 2.56 bits per heavy atom. The van der Waals surface area contributed by atoms with Gasteiger partial charge in [-0.25, -0.2) is 9.78 Å². The SMILES string of the molecule is Cn1c(=O)[nH]c2cccc(CC(=O)Nc3nc(-c4ccc(C(F)(F)F)cc4)cs3)c2c1=O. The van der Waals surface area contributed by atoms with Crippen LogP contribution in [-0.2, 0) is 24.4 Å². The van der Waals surface area contributed by atoms with Gasteiger partial charge in [0.15, 0.2) is 5.13 Å². The molecule has 0 aliphatic carbocycles. The lowest BCUT2D eigenvalue weighted by atomic mass is 10.1. The Morgan fingerprint density at radius 1 is 1.16 bits per heavy atom. The molecule has 0 radical (unpaired) electrons. The second kappa shape index (κ2) is 8.08. The molecule has 4 rings (SSSR count). The van der Waals surface area contributed by atoms with Crippen molar-refractivity contribution < 1.29 is 18.0 Å². The van der Waals surface area contributed by atoms with Crippen LogP contribution in [-0.4, -0.2) is 20.4 Å². The summed E-state index contributed by atoms with van der Waals surface area (Å²) in [5.74, 6) is -0.431. The number of hydrogen-bond acceptors (Lipinski definition) is 5. The number of H-pyrrole nitrogens is 1. The minimum atomic E-state index is -4.42. The number of halogens is 3. The molecule has 0 saturated heterocycles. The molecule has 2 aromatic carbocycles. The number of aromatic amines is 1. The van der Waals surface area contributed by atoms with E-state index in [-0.39, 0.29) is 16.9 Å². The zero-order valence-corrected chi connectivity index (χ0v) is 17.3. The molecule has 32 heavy (non-hydrogen) atoms. The van der Waals surface area contributed by atoms with Crippen LogP contribution in [0.5, 0.6) is 0 Å². The molecule has 2 heterocycles. The molecule has 0 spiro atoms. The number of anilines is 1. The topological polar surface area (TPSA) is 96.8 Å². The molecule has 0 bridgehead atoms. The van der Waals surface area contributed by atoms with Crippen molar-refractivity contribution in [3.8, 4) is 11.3 Å². The number of thiazole rings is 1. The minimum absolute atomic E-state index is 0.131. The van der Waals surface area contributed by atoms with Crippen LogP contribution in [0.3, 0.4) is 0 Å². The van der Waals surface area contributed by atoms with E-state index in [1.54, 1.807) is 23.6 Å². The maximum Gasteiger partial charge on any atom is 0.416 e. The van der Waals surface area contributed by atoms with Crippen LogP contribution in [0, 0.1) is 0 Å². The van der Waals surface area contributed by atoms with Gasteiger partial charge in [0.2, 0.25) is 5.91 Å². The molecule has 2 N–H and O–H groups in total. The van der Waals surface area contributed by atoms with E-state index >= 15 is 0 Å². The van der Waals surface area contributed by atoms with Gasteiger partial charge in [0.05, 0.1) is 28.6 Å². The number of fused-ring (bicyclic) bond motifs is 1. The van der Waals surface area contributed by atoms with E-state index in [1.165, 1.54) is 19.2 Å². The van der Waals surface area contributed by atoms with Crippen molar-refractivity contribution in [3.05, 3.63) is 79.8 Å². The van der Waals surface area contributed by atoms with Crippen molar-refractivity contribution in [1.82, 2.24) is 14.5 Å². The quantitative estimate of drug-likeness (QED) is 0.487.